The number of halogens is 1. The van der Waals surface area contributed by atoms with E-state index >= 15 is 0 Å². The van der Waals surface area contributed by atoms with E-state index in [0.717, 1.165) is 0 Å². The first-order chi connectivity index (χ1) is 14.5. The second kappa shape index (κ2) is 7.40. The fourth-order valence-electron chi connectivity index (χ4n) is 3.97. The van der Waals surface area contributed by atoms with Crippen molar-refractivity contribution < 1.29 is 28.1 Å². The zero-order valence-corrected chi connectivity index (χ0v) is 17.2. The first-order valence-electron chi connectivity index (χ1n) is 9.50. The first-order valence-corrected chi connectivity index (χ1v) is 9.50. The van der Waals surface area contributed by atoms with E-state index < -0.39 is 5.60 Å². The second-order valence-electron chi connectivity index (χ2n) is 6.83. The molecule has 0 aliphatic carbocycles. The molecule has 0 saturated carbocycles. The van der Waals surface area contributed by atoms with Gasteiger partial charge in [0.15, 0.2) is 11.5 Å². The van der Waals surface area contributed by atoms with Crippen LogP contribution in [0.2, 0.25) is 0 Å². The molecule has 1 spiro atoms. The summed E-state index contributed by atoms with van der Waals surface area (Å²) in [6.45, 7) is 2.30. The number of allylic oxidation sites excluding steroid dienone is 1. The number of carbonyl (C=O) groups is 1. The zero-order valence-electron chi connectivity index (χ0n) is 17.2. The van der Waals surface area contributed by atoms with Crippen LogP contribution in [-0.4, -0.2) is 33.8 Å². The summed E-state index contributed by atoms with van der Waals surface area (Å²) in [6.07, 6.45) is 4.91. The lowest BCUT2D eigenvalue weighted by molar-refractivity contribution is -0.132. The average molecular weight is 411 g/mol. The highest BCUT2D eigenvalue weighted by Gasteiger charge is 2.56. The van der Waals surface area contributed by atoms with Crippen LogP contribution in [-0.2, 0) is 15.1 Å². The lowest BCUT2D eigenvalue weighted by Gasteiger charge is -2.24. The van der Waals surface area contributed by atoms with Crippen molar-refractivity contribution >= 4 is 17.7 Å². The van der Waals surface area contributed by atoms with E-state index in [4.69, 9.17) is 18.9 Å². The molecule has 4 rings (SSSR count). The molecule has 0 bridgehead atoms. The molecule has 2 aromatic carbocycles. The van der Waals surface area contributed by atoms with Crippen LogP contribution in [0, 0.1) is 5.82 Å². The van der Waals surface area contributed by atoms with Gasteiger partial charge in [-0.3, -0.25) is 4.79 Å². The highest BCUT2D eigenvalue weighted by Crippen LogP contribution is 2.57. The van der Waals surface area contributed by atoms with Gasteiger partial charge >= 0.3 is 0 Å². The van der Waals surface area contributed by atoms with Crippen molar-refractivity contribution in [3.63, 3.8) is 0 Å². The van der Waals surface area contributed by atoms with Crippen molar-refractivity contribution in [2.75, 3.05) is 32.8 Å². The zero-order chi connectivity index (χ0) is 21.5. The van der Waals surface area contributed by atoms with E-state index in [1.807, 2.05) is 6.92 Å². The van der Waals surface area contributed by atoms with E-state index in [9.17, 15) is 9.18 Å². The number of rotatable bonds is 5. The van der Waals surface area contributed by atoms with E-state index in [1.54, 1.807) is 47.4 Å². The molecule has 0 N–H and O–H groups in total. The summed E-state index contributed by atoms with van der Waals surface area (Å²) in [5, 5.41) is 0. The first kappa shape index (κ1) is 19.8. The van der Waals surface area contributed by atoms with Crippen LogP contribution >= 0.6 is 0 Å². The topological polar surface area (TPSA) is 57.2 Å². The Morgan fingerprint density at radius 1 is 1.13 bits per heavy atom. The molecule has 1 atom stereocenters. The normalized spacial score (nSPS) is 20.6. The smallest absolute Gasteiger partial charge is 0.280 e. The van der Waals surface area contributed by atoms with Gasteiger partial charge in [-0.1, -0.05) is 18.2 Å². The molecule has 1 unspecified atom stereocenters. The van der Waals surface area contributed by atoms with E-state index in [0.29, 0.717) is 46.4 Å². The molecule has 0 aromatic heterocycles. The Morgan fingerprint density at radius 2 is 1.87 bits per heavy atom. The van der Waals surface area contributed by atoms with Gasteiger partial charge in [-0.2, -0.15) is 0 Å². The van der Waals surface area contributed by atoms with Gasteiger partial charge in [-0.15, -0.1) is 0 Å². The molecule has 0 saturated heterocycles. The third-order valence-electron chi connectivity index (χ3n) is 5.31. The summed E-state index contributed by atoms with van der Waals surface area (Å²) in [7, 11) is 4.52. The van der Waals surface area contributed by atoms with Crippen molar-refractivity contribution in [2.24, 2.45) is 0 Å². The SMILES string of the molecule is CCN1C(=O)C2(C=C/C(=C\c3ccccc3F)O2)c2c1cc(OC)c(OC)c2OC. The van der Waals surface area contributed by atoms with Crippen molar-refractivity contribution in [2.45, 2.75) is 12.5 Å². The molecule has 2 heterocycles. The van der Waals surface area contributed by atoms with Crippen LogP contribution in [0.5, 0.6) is 17.2 Å². The van der Waals surface area contributed by atoms with Crippen LogP contribution in [0.25, 0.3) is 6.08 Å². The molecule has 0 radical (unpaired) electrons. The standard InChI is InChI=1S/C23H22FNO5/c1-5-25-17-13-18(27-2)20(28-3)21(29-4)19(17)23(22(25)26)11-10-15(30-23)12-14-8-6-7-9-16(14)24/h6-13H,5H2,1-4H3/b15-12+. The number of hydrogen-bond acceptors (Lipinski definition) is 5. The van der Waals surface area contributed by atoms with Gasteiger partial charge in [-0.05, 0) is 31.2 Å². The number of carbonyl (C=O) groups excluding carboxylic acids is 1. The number of fused-ring (bicyclic) bond motifs is 2. The maximum absolute atomic E-state index is 14.1. The number of methoxy groups -OCH3 is 3. The highest BCUT2D eigenvalue weighted by atomic mass is 19.1. The molecule has 2 aliphatic heterocycles. The number of anilines is 1. The van der Waals surface area contributed by atoms with Crippen LogP contribution in [0.4, 0.5) is 10.1 Å². The predicted octanol–water partition coefficient (Wildman–Crippen LogP) is 4.04. The minimum absolute atomic E-state index is 0.262. The molecular weight excluding hydrogens is 389 g/mol. The summed E-state index contributed by atoms with van der Waals surface area (Å²) in [6, 6.07) is 8.10. The number of benzene rings is 2. The van der Waals surface area contributed by atoms with Crippen LogP contribution in [0.15, 0.2) is 48.2 Å². The van der Waals surface area contributed by atoms with Gasteiger partial charge in [-0.25, -0.2) is 4.39 Å². The Bertz CT molecular complexity index is 1080. The lowest BCUT2D eigenvalue weighted by atomic mass is 9.94. The molecule has 6 nitrogen and oxygen atoms in total. The molecule has 30 heavy (non-hydrogen) atoms. The fraction of sp³-hybridized carbons (Fsp3) is 0.261. The van der Waals surface area contributed by atoms with Gasteiger partial charge in [0.1, 0.15) is 11.6 Å². The highest BCUT2D eigenvalue weighted by molar-refractivity contribution is 6.10. The second-order valence-corrected chi connectivity index (χ2v) is 6.83. The summed E-state index contributed by atoms with van der Waals surface area (Å²) < 4.78 is 36.9. The number of amides is 1. The summed E-state index contributed by atoms with van der Waals surface area (Å²) >= 11 is 0. The van der Waals surface area contributed by atoms with Gasteiger partial charge in [0.05, 0.1) is 32.6 Å². The van der Waals surface area contributed by atoms with Gasteiger partial charge in [0.2, 0.25) is 11.4 Å². The number of hydrogen-bond donors (Lipinski definition) is 0. The number of ether oxygens (including phenoxy) is 4. The van der Waals surface area contributed by atoms with E-state index in [-0.39, 0.29) is 11.7 Å². The summed E-state index contributed by atoms with van der Waals surface area (Å²) in [4.78, 5) is 15.1. The third kappa shape index (κ3) is 2.73. The number of nitrogens with zero attached hydrogens (tertiary/aromatic N) is 1. The van der Waals surface area contributed by atoms with Gasteiger partial charge in [0.25, 0.3) is 5.91 Å². The van der Waals surface area contributed by atoms with Crippen molar-refractivity contribution in [3.05, 3.63) is 65.2 Å². The Labute approximate surface area is 174 Å². The maximum atomic E-state index is 14.1. The summed E-state index contributed by atoms with van der Waals surface area (Å²) in [5.41, 5.74) is 0.0934. The Kier molecular flexibility index (Phi) is 4.89. The van der Waals surface area contributed by atoms with Gasteiger partial charge in [0, 0.05) is 18.2 Å². The molecule has 2 aromatic rings. The maximum Gasteiger partial charge on any atom is 0.280 e. The monoisotopic (exact) mass is 411 g/mol. The van der Waals surface area contributed by atoms with Crippen LogP contribution < -0.4 is 19.1 Å². The van der Waals surface area contributed by atoms with E-state index in [2.05, 4.69) is 0 Å². The molecule has 2 aliphatic rings. The minimum atomic E-state index is -1.42. The molecular formula is C23H22FNO5. The van der Waals surface area contributed by atoms with Crippen LogP contribution in [0.3, 0.4) is 0 Å². The molecule has 156 valence electrons. The van der Waals surface area contributed by atoms with Crippen molar-refractivity contribution in [3.8, 4) is 17.2 Å². The van der Waals surface area contributed by atoms with E-state index in [1.165, 1.54) is 27.4 Å². The molecule has 0 fully saturated rings. The lowest BCUT2D eigenvalue weighted by Crippen LogP contribution is -2.39. The summed E-state index contributed by atoms with van der Waals surface area (Å²) in [5.74, 6) is 0.900. The van der Waals surface area contributed by atoms with Crippen molar-refractivity contribution in [1.82, 2.24) is 0 Å². The number of likely N-dealkylation sites (N-methyl/N-ethyl adjacent to an activating group) is 1. The quantitative estimate of drug-likeness (QED) is 0.743. The van der Waals surface area contributed by atoms with Gasteiger partial charge < -0.3 is 23.8 Å². The minimum Gasteiger partial charge on any atom is -0.493 e. The largest absolute Gasteiger partial charge is 0.493 e. The Balaban J connectivity index is 1.89. The Morgan fingerprint density at radius 3 is 2.50 bits per heavy atom. The predicted molar refractivity (Wildman–Crippen MR) is 110 cm³/mol. The van der Waals surface area contributed by atoms with Crippen molar-refractivity contribution in [1.29, 1.82) is 0 Å². The third-order valence-corrected chi connectivity index (χ3v) is 5.31. The molecule has 7 heteroatoms. The van der Waals surface area contributed by atoms with Crippen LogP contribution in [0.1, 0.15) is 18.1 Å². The average Bonchev–Trinajstić information content (AvgIpc) is 3.28. The Hall–Kier alpha value is -3.48. The molecule has 1 amide bonds. The fourth-order valence-corrected chi connectivity index (χ4v) is 3.97.